The molecule has 0 radical (unpaired) electrons. The van der Waals surface area contributed by atoms with E-state index in [-0.39, 0.29) is 11.5 Å². The van der Waals surface area contributed by atoms with Gasteiger partial charge in [-0.3, -0.25) is 9.78 Å². The van der Waals surface area contributed by atoms with Crippen molar-refractivity contribution < 1.29 is 9.53 Å². The predicted octanol–water partition coefficient (Wildman–Crippen LogP) is 2.26. The van der Waals surface area contributed by atoms with E-state index in [0.717, 1.165) is 10.8 Å². The van der Waals surface area contributed by atoms with Gasteiger partial charge in [-0.05, 0) is 5.39 Å². The van der Waals surface area contributed by atoms with Gasteiger partial charge in [-0.1, -0.05) is 24.3 Å². The molecular formula is C15H11N3O2. The van der Waals surface area contributed by atoms with Crippen LogP contribution in [-0.4, -0.2) is 27.8 Å². The van der Waals surface area contributed by atoms with E-state index in [0.29, 0.717) is 11.4 Å². The lowest BCUT2D eigenvalue weighted by molar-refractivity contribution is 0.103. The molecule has 3 aromatic rings. The second kappa shape index (κ2) is 5.05. The van der Waals surface area contributed by atoms with E-state index in [1.807, 2.05) is 24.3 Å². The van der Waals surface area contributed by atoms with Crippen molar-refractivity contribution in [2.45, 2.75) is 0 Å². The van der Waals surface area contributed by atoms with Crippen molar-refractivity contribution >= 4 is 16.6 Å². The van der Waals surface area contributed by atoms with Gasteiger partial charge in [-0.2, -0.15) is 0 Å². The zero-order valence-corrected chi connectivity index (χ0v) is 10.8. The molecule has 0 spiro atoms. The summed E-state index contributed by atoms with van der Waals surface area (Å²) in [6.07, 6.45) is 4.59. The van der Waals surface area contributed by atoms with Gasteiger partial charge in [0.15, 0.2) is 0 Å². The smallest absolute Gasteiger partial charge is 0.216 e. The summed E-state index contributed by atoms with van der Waals surface area (Å²) in [5.74, 6) is 0.159. The molecule has 1 aromatic carbocycles. The van der Waals surface area contributed by atoms with Gasteiger partial charge in [0.1, 0.15) is 12.0 Å². The Hall–Kier alpha value is -2.82. The number of nitrogens with zero attached hydrogens (tertiary/aromatic N) is 3. The fourth-order valence-electron chi connectivity index (χ4n) is 2.01. The normalized spacial score (nSPS) is 10.4. The Labute approximate surface area is 115 Å². The van der Waals surface area contributed by atoms with Gasteiger partial charge in [-0.25, -0.2) is 9.97 Å². The fraction of sp³-hybridized carbons (Fsp3) is 0.0667. The van der Waals surface area contributed by atoms with Crippen molar-refractivity contribution in [3.05, 3.63) is 60.3 Å². The first kappa shape index (κ1) is 12.2. The molecule has 98 valence electrons. The van der Waals surface area contributed by atoms with Gasteiger partial charge < -0.3 is 4.74 Å². The number of benzene rings is 1. The van der Waals surface area contributed by atoms with E-state index >= 15 is 0 Å². The molecule has 0 saturated heterocycles. The first-order chi connectivity index (χ1) is 9.79. The van der Waals surface area contributed by atoms with Gasteiger partial charge >= 0.3 is 0 Å². The standard InChI is InChI=1S/C15H11N3O2/c1-20-14-6-13(17-9-18-14)15(19)12-8-16-7-10-4-2-3-5-11(10)12/h2-9H,1H3. The number of aromatic nitrogens is 3. The molecule has 0 aliphatic rings. The maximum Gasteiger partial charge on any atom is 0.216 e. The number of methoxy groups -OCH3 is 1. The Kier molecular flexibility index (Phi) is 3.09. The Morgan fingerprint density at radius 1 is 1.15 bits per heavy atom. The summed E-state index contributed by atoms with van der Waals surface area (Å²) in [4.78, 5) is 24.5. The minimum Gasteiger partial charge on any atom is -0.481 e. The number of fused-ring (bicyclic) bond motifs is 1. The summed E-state index contributed by atoms with van der Waals surface area (Å²) in [6.45, 7) is 0. The van der Waals surface area contributed by atoms with Crippen LogP contribution in [0, 0.1) is 0 Å². The van der Waals surface area contributed by atoms with Crippen molar-refractivity contribution in [2.75, 3.05) is 7.11 Å². The number of carbonyl (C=O) groups is 1. The van der Waals surface area contributed by atoms with Crippen molar-refractivity contribution in [3.8, 4) is 5.88 Å². The van der Waals surface area contributed by atoms with E-state index < -0.39 is 0 Å². The molecule has 20 heavy (non-hydrogen) atoms. The molecule has 5 nitrogen and oxygen atoms in total. The minimum absolute atomic E-state index is 0.199. The summed E-state index contributed by atoms with van der Waals surface area (Å²) in [6, 6.07) is 9.12. The second-order valence-corrected chi connectivity index (χ2v) is 4.18. The molecular weight excluding hydrogens is 254 g/mol. The molecule has 2 heterocycles. The number of hydrogen-bond acceptors (Lipinski definition) is 5. The molecule has 0 bridgehead atoms. The summed E-state index contributed by atoms with van der Waals surface area (Å²) in [7, 11) is 1.50. The fourth-order valence-corrected chi connectivity index (χ4v) is 2.01. The molecule has 0 saturated carbocycles. The quantitative estimate of drug-likeness (QED) is 0.680. The van der Waals surface area contributed by atoms with E-state index in [2.05, 4.69) is 15.0 Å². The van der Waals surface area contributed by atoms with Crippen LogP contribution in [0.25, 0.3) is 10.8 Å². The van der Waals surface area contributed by atoms with E-state index in [9.17, 15) is 4.79 Å². The monoisotopic (exact) mass is 265 g/mol. The Morgan fingerprint density at radius 2 is 2.00 bits per heavy atom. The predicted molar refractivity (Wildman–Crippen MR) is 73.8 cm³/mol. The highest BCUT2D eigenvalue weighted by Crippen LogP contribution is 2.20. The summed E-state index contributed by atoms with van der Waals surface area (Å²) < 4.78 is 5.01. The van der Waals surface area contributed by atoms with Crippen LogP contribution in [0.2, 0.25) is 0 Å². The van der Waals surface area contributed by atoms with Gasteiger partial charge in [0.05, 0.1) is 12.7 Å². The highest BCUT2D eigenvalue weighted by molar-refractivity contribution is 6.15. The number of ketones is 1. The Balaban J connectivity index is 2.12. The third-order valence-electron chi connectivity index (χ3n) is 3.00. The van der Waals surface area contributed by atoms with Gasteiger partial charge in [0, 0.05) is 23.8 Å². The molecule has 2 aromatic heterocycles. The number of carbonyl (C=O) groups excluding carboxylic acids is 1. The summed E-state index contributed by atoms with van der Waals surface area (Å²) in [5.41, 5.74) is 0.804. The molecule has 0 amide bonds. The first-order valence-corrected chi connectivity index (χ1v) is 6.03. The Morgan fingerprint density at radius 3 is 2.85 bits per heavy atom. The number of hydrogen-bond donors (Lipinski definition) is 0. The maximum atomic E-state index is 12.5. The van der Waals surface area contributed by atoms with Crippen LogP contribution in [-0.2, 0) is 0 Å². The van der Waals surface area contributed by atoms with Gasteiger partial charge in [0.2, 0.25) is 11.7 Å². The average Bonchev–Trinajstić information content (AvgIpc) is 2.53. The van der Waals surface area contributed by atoms with Crippen molar-refractivity contribution in [2.24, 2.45) is 0 Å². The largest absolute Gasteiger partial charge is 0.481 e. The first-order valence-electron chi connectivity index (χ1n) is 6.03. The summed E-state index contributed by atoms with van der Waals surface area (Å²) >= 11 is 0. The molecule has 5 heteroatoms. The van der Waals surface area contributed by atoms with Crippen LogP contribution in [0.15, 0.2) is 49.1 Å². The van der Waals surface area contributed by atoms with E-state index in [4.69, 9.17) is 4.74 Å². The molecule has 0 atom stereocenters. The highest BCUT2D eigenvalue weighted by Gasteiger charge is 2.15. The zero-order valence-electron chi connectivity index (χ0n) is 10.8. The van der Waals surface area contributed by atoms with Crippen LogP contribution in [0.1, 0.15) is 16.1 Å². The van der Waals surface area contributed by atoms with Crippen LogP contribution in [0.5, 0.6) is 5.88 Å². The SMILES string of the molecule is COc1cc(C(=O)c2cncc3ccccc23)ncn1. The maximum absolute atomic E-state index is 12.5. The van der Waals surface area contributed by atoms with Crippen LogP contribution < -0.4 is 4.74 Å². The lowest BCUT2D eigenvalue weighted by atomic mass is 10.0. The minimum atomic E-state index is -0.199. The van der Waals surface area contributed by atoms with Gasteiger partial charge in [0.25, 0.3) is 0 Å². The van der Waals surface area contributed by atoms with Gasteiger partial charge in [-0.15, -0.1) is 0 Å². The number of pyridine rings is 1. The van der Waals surface area contributed by atoms with Crippen molar-refractivity contribution in [1.82, 2.24) is 15.0 Å². The lowest BCUT2D eigenvalue weighted by Crippen LogP contribution is -2.06. The van der Waals surface area contributed by atoms with Crippen molar-refractivity contribution in [3.63, 3.8) is 0 Å². The molecule has 3 rings (SSSR count). The average molecular weight is 265 g/mol. The second-order valence-electron chi connectivity index (χ2n) is 4.18. The molecule has 0 unspecified atom stereocenters. The molecule has 0 aliphatic carbocycles. The third-order valence-corrected chi connectivity index (χ3v) is 3.00. The number of ether oxygens (including phenoxy) is 1. The number of rotatable bonds is 3. The highest BCUT2D eigenvalue weighted by atomic mass is 16.5. The van der Waals surface area contributed by atoms with Crippen LogP contribution in [0.4, 0.5) is 0 Å². The van der Waals surface area contributed by atoms with Crippen LogP contribution in [0.3, 0.4) is 0 Å². The molecule has 0 N–H and O–H groups in total. The zero-order chi connectivity index (χ0) is 13.9. The Bertz CT molecular complexity index is 781. The molecule has 0 aliphatic heterocycles. The molecule has 0 fully saturated rings. The van der Waals surface area contributed by atoms with Crippen molar-refractivity contribution in [1.29, 1.82) is 0 Å². The summed E-state index contributed by atoms with van der Waals surface area (Å²) in [5, 5.41) is 1.77. The third kappa shape index (κ3) is 2.09. The topological polar surface area (TPSA) is 65.0 Å². The van der Waals surface area contributed by atoms with Crippen LogP contribution >= 0.6 is 0 Å². The van der Waals surface area contributed by atoms with E-state index in [1.165, 1.54) is 19.5 Å². The lowest BCUT2D eigenvalue weighted by Gasteiger charge is -2.05. The van der Waals surface area contributed by atoms with E-state index in [1.54, 1.807) is 12.4 Å².